The van der Waals surface area contributed by atoms with Crippen molar-refractivity contribution in [3.63, 3.8) is 0 Å². The Morgan fingerprint density at radius 3 is 2.62 bits per heavy atom. The summed E-state index contributed by atoms with van der Waals surface area (Å²) in [4.78, 5) is 4.23. The van der Waals surface area contributed by atoms with Gasteiger partial charge in [0.2, 0.25) is 5.89 Å². The largest absolute Gasteiger partial charge is 0.392 e. The van der Waals surface area contributed by atoms with Crippen LogP contribution in [0.1, 0.15) is 57.9 Å². The van der Waals surface area contributed by atoms with Gasteiger partial charge in [0.05, 0.1) is 12.0 Å². The average molecular weight is 228 g/mol. The maximum atomic E-state index is 9.67. The molecule has 0 aromatic carbocycles. The van der Waals surface area contributed by atoms with Gasteiger partial charge in [-0.05, 0) is 20.3 Å². The Morgan fingerprint density at radius 1 is 1.38 bits per heavy atom. The first-order chi connectivity index (χ1) is 7.60. The number of nitrogens with zero attached hydrogens (tertiary/aromatic N) is 2. The Balaban J connectivity index is 2.70. The standard InChI is InChI=1S/C11H20N2O3/c1-5-9(14)7(3)11-12-10(13-16-11)8(4)15-6-2/h7-9,14H,5-6H2,1-4H3. The predicted molar refractivity (Wildman–Crippen MR) is 59.1 cm³/mol. The molecule has 1 heterocycles. The van der Waals surface area contributed by atoms with Crippen molar-refractivity contribution in [3.8, 4) is 0 Å². The Morgan fingerprint density at radius 2 is 2.06 bits per heavy atom. The fourth-order valence-corrected chi connectivity index (χ4v) is 1.44. The second-order valence-corrected chi connectivity index (χ2v) is 3.85. The van der Waals surface area contributed by atoms with Crippen molar-refractivity contribution in [3.05, 3.63) is 11.7 Å². The number of hydrogen-bond donors (Lipinski definition) is 1. The van der Waals surface area contributed by atoms with Crippen LogP contribution in [-0.4, -0.2) is 28.0 Å². The third kappa shape index (κ3) is 3.02. The van der Waals surface area contributed by atoms with Crippen LogP contribution in [0.2, 0.25) is 0 Å². The number of aliphatic hydroxyl groups excluding tert-OH is 1. The van der Waals surface area contributed by atoms with Gasteiger partial charge in [-0.15, -0.1) is 0 Å². The highest BCUT2D eigenvalue weighted by Gasteiger charge is 2.22. The van der Waals surface area contributed by atoms with Crippen LogP contribution in [0.5, 0.6) is 0 Å². The summed E-state index contributed by atoms with van der Waals surface area (Å²) < 4.78 is 10.5. The number of aliphatic hydroxyl groups is 1. The van der Waals surface area contributed by atoms with Gasteiger partial charge in [-0.1, -0.05) is 19.0 Å². The molecule has 1 rings (SSSR count). The Labute approximate surface area is 95.8 Å². The predicted octanol–water partition coefficient (Wildman–Crippen LogP) is 2.04. The van der Waals surface area contributed by atoms with Crippen molar-refractivity contribution in [2.75, 3.05) is 6.61 Å². The minimum atomic E-state index is -0.448. The molecule has 0 saturated heterocycles. The van der Waals surface area contributed by atoms with Crippen molar-refractivity contribution in [1.82, 2.24) is 10.1 Å². The zero-order valence-electron chi connectivity index (χ0n) is 10.3. The normalized spacial score (nSPS) is 17.1. The van der Waals surface area contributed by atoms with Crippen LogP contribution in [0.15, 0.2) is 4.52 Å². The highest BCUT2D eigenvalue weighted by atomic mass is 16.5. The van der Waals surface area contributed by atoms with Crippen molar-refractivity contribution >= 4 is 0 Å². The molecule has 0 radical (unpaired) electrons. The molecule has 3 unspecified atom stereocenters. The molecule has 1 aromatic heterocycles. The Bertz CT molecular complexity index is 314. The molecule has 0 saturated carbocycles. The van der Waals surface area contributed by atoms with E-state index in [9.17, 15) is 5.11 Å². The number of aromatic nitrogens is 2. The van der Waals surface area contributed by atoms with E-state index in [4.69, 9.17) is 9.26 Å². The Hall–Kier alpha value is -0.940. The average Bonchev–Trinajstić information content (AvgIpc) is 2.76. The van der Waals surface area contributed by atoms with Gasteiger partial charge in [0.25, 0.3) is 0 Å². The molecule has 0 fully saturated rings. The molecule has 0 bridgehead atoms. The molecule has 0 aliphatic carbocycles. The zero-order chi connectivity index (χ0) is 12.1. The fourth-order valence-electron chi connectivity index (χ4n) is 1.44. The van der Waals surface area contributed by atoms with Crippen molar-refractivity contribution in [1.29, 1.82) is 0 Å². The molecule has 0 aliphatic rings. The van der Waals surface area contributed by atoms with E-state index in [1.807, 2.05) is 27.7 Å². The van der Waals surface area contributed by atoms with Crippen LogP contribution in [-0.2, 0) is 4.74 Å². The molecule has 3 atom stereocenters. The molecule has 5 nitrogen and oxygen atoms in total. The van der Waals surface area contributed by atoms with Crippen molar-refractivity contribution in [2.45, 2.75) is 52.2 Å². The van der Waals surface area contributed by atoms with Crippen LogP contribution in [0.4, 0.5) is 0 Å². The first-order valence-electron chi connectivity index (χ1n) is 5.73. The lowest BCUT2D eigenvalue weighted by atomic mass is 10.0. The maximum absolute atomic E-state index is 9.67. The van der Waals surface area contributed by atoms with E-state index in [2.05, 4.69) is 10.1 Å². The zero-order valence-corrected chi connectivity index (χ0v) is 10.3. The monoisotopic (exact) mass is 228 g/mol. The number of rotatable bonds is 6. The van der Waals surface area contributed by atoms with Crippen LogP contribution in [0.3, 0.4) is 0 Å². The van der Waals surface area contributed by atoms with Gasteiger partial charge in [0, 0.05) is 6.61 Å². The molecule has 0 amide bonds. The van der Waals surface area contributed by atoms with Crippen molar-refractivity contribution in [2.24, 2.45) is 0 Å². The minimum Gasteiger partial charge on any atom is -0.392 e. The first-order valence-corrected chi connectivity index (χ1v) is 5.73. The minimum absolute atomic E-state index is 0.139. The molecule has 1 aromatic rings. The summed E-state index contributed by atoms with van der Waals surface area (Å²) in [7, 11) is 0. The van der Waals surface area contributed by atoms with Gasteiger partial charge in [0.15, 0.2) is 5.82 Å². The third-order valence-electron chi connectivity index (χ3n) is 2.62. The number of hydrogen-bond acceptors (Lipinski definition) is 5. The van der Waals surface area contributed by atoms with E-state index in [1.165, 1.54) is 0 Å². The fraction of sp³-hybridized carbons (Fsp3) is 0.818. The van der Waals surface area contributed by atoms with Gasteiger partial charge in [-0.2, -0.15) is 4.98 Å². The van der Waals surface area contributed by atoms with Gasteiger partial charge in [0.1, 0.15) is 6.10 Å². The molecule has 5 heteroatoms. The molecule has 0 aliphatic heterocycles. The SMILES string of the molecule is CCOC(C)c1noc(C(C)C(O)CC)n1. The summed E-state index contributed by atoms with van der Waals surface area (Å²) in [6.45, 7) is 8.19. The van der Waals surface area contributed by atoms with Crippen LogP contribution >= 0.6 is 0 Å². The maximum Gasteiger partial charge on any atom is 0.232 e. The number of ether oxygens (including phenoxy) is 1. The summed E-state index contributed by atoms with van der Waals surface area (Å²) in [6.07, 6.45) is 0.0454. The van der Waals surface area contributed by atoms with E-state index >= 15 is 0 Å². The van der Waals surface area contributed by atoms with E-state index < -0.39 is 6.10 Å². The van der Waals surface area contributed by atoms with Gasteiger partial charge in [-0.25, -0.2) is 0 Å². The summed E-state index contributed by atoms with van der Waals surface area (Å²) >= 11 is 0. The van der Waals surface area contributed by atoms with Gasteiger partial charge >= 0.3 is 0 Å². The molecule has 16 heavy (non-hydrogen) atoms. The smallest absolute Gasteiger partial charge is 0.232 e. The summed E-state index contributed by atoms with van der Waals surface area (Å²) in [5.41, 5.74) is 0. The highest BCUT2D eigenvalue weighted by Crippen LogP contribution is 2.21. The van der Waals surface area contributed by atoms with Crippen molar-refractivity contribution < 1.29 is 14.4 Å². The van der Waals surface area contributed by atoms with E-state index in [-0.39, 0.29) is 12.0 Å². The topological polar surface area (TPSA) is 68.4 Å². The lowest BCUT2D eigenvalue weighted by molar-refractivity contribution is 0.0683. The van der Waals surface area contributed by atoms with Gasteiger partial charge < -0.3 is 14.4 Å². The van der Waals surface area contributed by atoms with Crippen LogP contribution in [0, 0.1) is 0 Å². The van der Waals surface area contributed by atoms with E-state index in [0.717, 1.165) is 0 Å². The second-order valence-electron chi connectivity index (χ2n) is 3.85. The van der Waals surface area contributed by atoms with E-state index in [1.54, 1.807) is 0 Å². The molecular formula is C11H20N2O3. The first kappa shape index (κ1) is 13.1. The third-order valence-corrected chi connectivity index (χ3v) is 2.62. The summed E-state index contributed by atoms with van der Waals surface area (Å²) in [6, 6.07) is 0. The van der Waals surface area contributed by atoms with E-state index in [0.29, 0.717) is 24.7 Å². The molecule has 0 spiro atoms. The molecule has 92 valence electrons. The molecule has 1 N–H and O–H groups in total. The molecular weight excluding hydrogens is 208 g/mol. The lowest BCUT2D eigenvalue weighted by Crippen LogP contribution is -2.14. The summed E-state index contributed by atoms with van der Waals surface area (Å²) in [5.74, 6) is 0.864. The highest BCUT2D eigenvalue weighted by molar-refractivity contribution is 4.96. The van der Waals surface area contributed by atoms with Crippen LogP contribution in [0.25, 0.3) is 0 Å². The lowest BCUT2D eigenvalue weighted by Gasteiger charge is -2.12. The Kier molecular flexibility index (Phi) is 4.89. The van der Waals surface area contributed by atoms with Gasteiger partial charge in [-0.3, -0.25) is 0 Å². The second kappa shape index (κ2) is 5.96. The quantitative estimate of drug-likeness (QED) is 0.807. The summed E-state index contributed by atoms with van der Waals surface area (Å²) in [5, 5.41) is 13.5. The van der Waals surface area contributed by atoms with Crippen LogP contribution < -0.4 is 0 Å².